The Hall–Kier alpha value is -2.18. The zero-order valence-corrected chi connectivity index (χ0v) is 17.9. The van der Waals surface area contributed by atoms with Crippen molar-refractivity contribution in [3.05, 3.63) is 57.8 Å². The molecule has 0 bridgehead atoms. The lowest BCUT2D eigenvalue weighted by atomic mass is 9.95. The monoisotopic (exact) mass is 401 g/mol. The predicted octanol–water partition coefficient (Wildman–Crippen LogP) is 3.58. The number of hydrogen-bond donors (Lipinski definition) is 3. The molecule has 2 aromatic rings. The molecule has 1 aromatic carbocycles. The van der Waals surface area contributed by atoms with Crippen LogP contribution in [-0.2, 0) is 9.59 Å². The van der Waals surface area contributed by atoms with Gasteiger partial charge in [-0.1, -0.05) is 44.2 Å². The molecule has 0 aliphatic heterocycles. The standard InChI is InChI=1S/C22H31N3O2S/c1-5-16(4)17-8-10-18(11-9-17)22(19-7-6-12-28-19)24-13-20(26)23-14-21(27)25-15(2)3/h6-12,15-16,22,24H,5,13-14H2,1-4H3,(H,23,26)(H,25,27)/t16-,22+/m0/s1. The lowest BCUT2D eigenvalue weighted by molar-refractivity contribution is -0.125. The molecule has 0 radical (unpaired) electrons. The van der Waals surface area contributed by atoms with E-state index >= 15 is 0 Å². The van der Waals surface area contributed by atoms with E-state index in [-0.39, 0.29) is 37.0 Å². The van der Waals surface area contributed by atoms with Crippen molar-refractivity contribution in [2.45, 2.75) is 52.1 Å². The summed E-state index contributed by atoms with van der Waals surface area (Å²) in [4.78, 5) is 25.0. The van der Waals surface area contributed by atoms with Gasteiger partial charge in [-0.25, -0.2) is 0 Å². The maximum Gasteiger partial charge on any atom is 0.239 e. The van der Waals surface area contributed by atoms with Crippen molar-refractivity contribution in [2.24, 2.45) is 0 Å². The summed E-state index contributed by atoms with van der Waals surface area (Å²) < 4.78 is 0. The SMILES string of the molecule is CC[C@H](C)c1ccc([C@@H](NCC(=O)NCC(=O)NC(C)C)c2cccs2)cc1. The van der Waals surface area contributed by atoms with Crippen molar-refractivity contribution in [1.82, 2.24) is 16.0 Å². The molecule has 28 heavy (non-hydrogen) atoms. The van der Waals surface area contributed by atoms with Gasteiger partial charge in [0.15, 0.2) is 0 Å². The minimum atomic E-state index is -0.198. The molecule has 2 atom stereocenters. The van der Waals surface area contributed by atoms with Crippen LogP contribution < -0.4 is 16.0 Å². The fourth-order valence-electron chi connectivity index (χ4n) is 2.90. The van der Waals surface area contributed by atoms with Gasteiger partial charge in [-0.2, -0.15) is 0 Å². The molecule has 3 N–H and O–H groups in total. The molecule has 0 saturated heterocycles. The van der Waals surface area contributed by atoms with Crippen molar-refractivity contribution in [3.8, 4) is 0 Å². The van der Waals surface area contributed by atoms with Gasteiger partial charge in [0.05, 0.1) is 19.1 Å². The van der Waals surface area contributed by atoms with E-state index in [0.717, 1.165) is 16.9 Å². The average molecular weight is 402 g/mol. The molecule has 0 aliphatic rings. The highest BCUT2D eigenvalue weighted by atomic mass is 32.1. The van der Waals surface area contributed by atoms with Crippen LogP contribution >= 0.6 is 11.3 Å². The lowest BCUT2D eigenvalue weighted by Crippen LogP contribution is -2.43. The third-order valence-electron chi connectivity index (χ3n) is 4.64. The number of benzene rings is 1. The van der Waals surface area contributed by atoms with E-state index in [9.17, 15) is 9.59 Å². The van der Waals surface area contributed by atoms with Gasteiger partial charge in [-0.15, -0.1) is 11.3 Å². The first kappa shape index (κ1) is 22.1. The molecule has 1 aromatic heterocycles. The van der Waals surface area contributed by atoms with Crippen molar-refractivity contribution >= 4 is 23.2 Å². The largest absolute Gasteiger partial charge is 0.352 e. The molecular formula is C22H31N3O2S. The summed E-state index contributed by atoms with van der Waals surface area (Å²) in [6.07, 6.45) is 1.11. The molecule has 5 nitrogen and oxygen atoms in total. The highest BCUT2D eigenvalue weighted by Gasteiger charge is 2.17. The Balaban J connectivity index is 1.99. The molecule has 0 fully saturated rings. The highest BCUT2D eigenvalue weighted by molar-refractivity contribution is 7.10. The summed E-state index contributed by atoms with van der Waals surface area (Å²) in [7, 11) is 0. The number of nitrogens with one attached hydrogen (secondary N) is 3. The van der Waals surface area contributed by atoms with E-state index in [1.807, 2.05) is 25.3 Å². The highest BCUT2D eigenvalue weighted by Crippen LogP contribution is 2.27. The van der Waals surface area contributed by atoms with Gasteiger partial charge in [-0.05, 0) is 48.8 Å². The van der Waals surface area contributed by atoms with Crippen LogP contribution in [0, 0.1) is 0 Å². The van der Waals surface area contributed by atoms with Crippen LogP contribution in [0.25, 0.3) is 0 Å². The average Bonchev–Trinajstić information content (AvgIpc) is 3.20. The number of rotatable bonds is 10. The Labute approximate surface area is 171 Å². The minimum Gasteiger partial charge on any atom is -0.352 e. The van der Waals surface area contributed by atoms with Crippen LogP contribution in [0.3, 0.4) is 0 Å². The maximum absolute atomic E-state index is 12.2. The number of thiophene rings is 1. The smallest absolute Gasteiger partial charge is 0.239 e. The van der Waals surface area contributed by atoms with Crippen LogP contribution in [0.2, 0.25) is 0 Å². The number of amides is 2. The fourth-order valence-corrected chi connectivity index (χ4v) is 3.73. The van der Waals surface area contributed by atoms with Gasteiger partial charge in [0.1, 0.15) is 0 Å². The van der Waals surface area contributed by atoms with Crippen molar-refractivity contribution in [3.63, 3.8) is 0 Å². The van der Waals surface area contributed by atoms with Gasteiger partial charge in [-0.3, -0.25) is 14.9 Å². The molecule has 1 heterocycles. The molecule has 0 spiro atoms. The first-order valence-electron chi connectivity index (χ1n) is 9.83. The van der Waals surface area contributed by atoms with Crippen molar-refractivity contribution < 1.29 is 9.59 Å². The third kappa shape index (κ3) is 6.77. The number of carbonyl (C=O) groups is 2. The summed E-state index contributed by atoms with van der Waals surface area (Å²) in [5.74, 6) is 0.153. The Kier molecular flexibility index (Phi) is 8.67. The maximum atomic E-state index is 12.2. The van der Waals surface area contributed by atoms with E-state index in [1.165, 1.54) is 5.56 Å². The second-order valence-corrected chi connectivity index (χ2v) is 8.28. The Bertz CT molecular complexity index is 742. The number of hydrogen-bond acceptors (Lipinski definition) is 4. The van der Waals surface area contributed by atoms with Crippen LogP contribution in [-0.4, -0.2) is 30.9 Å². The molecule has 2 rings (SSSR count). The summed E-state index contributed by atoms with van der Waals surface area (Å²) in [6.45, 7) is 8.33. The summed E-state index contributed by atoms with van der Waals surface area (Å²) in [5.41, 5.74) is 2.45. The van der Waals surface area contributed by atoms with E-state index in [4.69, 9.17) is 0 Å². The van der Waals surface area contributed by atoms with E-state index in [1.54, 1.807) is 11.3 Å². The van der Waals surface area contributed by atoms with Gasteiger partial charge < -0.3 is 10.6 Å². The first-order valence-corrected chi connectivity index (χ1v) is 10.7. The van der Waals surface area contributed by atoms with Gasteiger partial charge in [0.25, 0.3) is 0 Å². The van der Waals surface area contributed by atoms with Gasteiger partial charge in [0.2, 0.25) is 11.8 Å². The summed E-state index contributed by atoms with van der Waals surface area (Å²) >= 11 is 1.66. The summed E-state index contributed by atoms with van der Waals surface area (Å²) in [5, 5.41) is 10.8. The van der Waals surface area contributed by atoms with E-state index in [2.05, 4.69) is 60.1 Å². The van der Waals surface area contributed by atoms with Crippen LogP contribution in [0.5, 0.6) is 0 Å². The summed E-state index contributed by atoms with van der Waals surface area (Å²) in [6, 6.07) is 12.7. The molecule has 152 valence electrons. The second-order valence-electron chi connectivity index (χ2n) is 7.30. The zero-order valence-electron chi connectivity index (χ0n) is 17.1. The fraction of sp³-hybridized carbons (Fsp3) is 0.455. The first-order chi connectivity index (χ1) is 13.4. The minimum absolute atomic E-state index is 0.00797. The van der Waals surface area contributed by atoms with Crippen LogP contribution in [0.4, 0.5) is 0 Å². The second kappa shape index (κ2) is 11.0. The molecule has 0 unspecified atom stereocenters. The molecule has 0 saturated carbocycles. The zero-order chi connectivity index (χ0) is 20.5. The third-order valence-corrected chi connectivity index (χ3v) is 5.58. The Morgan fingerprint density at radius 3 is 2.21 bits per heavy atom. The Morgan fingerprint density at radius 2 is 1.64 bits per heavy atom. The predicted molar refractivity (Wildman–Crippen MR) is 116 cm³/mol. The normalized spacial score (nSPS) is 13.2. The van der Waals surface area contributed by atoms with Crippen molar-refractivity contribution in [1.29, 1.82) is 0 Å². The van der Waals surface area contributed by atoms with Crippen LogP contribution in [0.1, 0.15) is 62.1 Å². The molecule has 0 aliphatic carbocycles. The van der Waals surface area contributed by atoms with Gasteiger partial charge in [0, 0.05) is 10.9 Å². The molecular weight excluding hydrogens is 370 g/mol. The topological polar surface area (TPSA) is 70.2 Å². The number of carbonyl (C=O) groups excluding carboxylic acids is 2. The lowest BCUT2D eigenvalue weighted by Gasteiger charge is -2.19. The molecule has 6 heteroatoms. The van der Waals surface area contributed by atoms with E-state index < -0.39 is 0 Å². The van der Waals surface area contributed by atoms with E-state index in [0.29, 0.717) is 5.92 Å². The molecule has 2 amide bonds. The quantitative estimate of drug-likeness (QED) is 0.570. The van der Waals surface area contributed by atoms with Gasteiger partial charge >= 0.3 is 0 Å². The van der Waals surface area contributed by atoms with Crippen LogP contribution in [0.15, 0.2) is 41.8 Å². The van der Waals surface area contributed by atoms with Crippen molar-refractivity contribution in [2.75, 3.05) is 13.1 Å². The Morgan fingerprint density at radius 1 is 0.964 bits per heavy atom.